The van der Waals surface area contributed by atoms with Crippen LogP contribution in [0.4, 0.5) is 0 Å². The van der Waals surface area contributed by atoms with Gasteiger partial charge in [0.2, 0.25) is 0 Å². The van der Waals surface area contributed by atoms with Crippen LogP contribution in [0, 0.1) is 0 Å². The van der Waals surface area contributed by atoms with Crippen LogP contribution in [0.2, 0.25) is 0 Å². The monoisotopic (exact) mass is 408 g/mol. The van der Waals surface area contributed by atoms with Gasteiger partial charge in [0, 0.05) is 5.56 Å². The Morgan fingerprint density at radius 1 is 0.806 bits per heavy atom. The van der Waals surface area contributed by atoms with E-state index in [4.69, 9.17) is 9.47 Å². The van der Waals surface area contributed by atoms with Crippen molar-refractivity contribution in [3.05, 3.63) is 119 Å². The van der Waals surface area contributed by atoms with E-state index in [1.54, 1.807) is 12.1 Å². The highest BCUT2D eigenvalue weighted by atomic mass is 16.5. The molecule has 154 valence electrons. The van der Waals surface area contributed by atoms with Crippen molar-refractivity contribution in [2.75, 3.05) is 7.11 Å². The van der Waals surface area contributed by atoms with E-state index < -0.39 is 0 Å². The number of hydrogen-bond donors (Lipinski definition) is 0. The molecule has 0 saturated heterocycles. The molecule has 0 aliphatic carbocycles. The number of hydrogen-bond acceptors (Lipinski definition) is 3. The summed E-state index contributed by atoms with van der Waals surface area (Å²) in [5.41, 5.74) is 3.88. The van der Waals surface area contributed by atoms with E-state index in [-0.39, 0.29) is 5.97 Å². The third-order valence-corrected chi connectivity index (χ3v) is 5.18. The lowest BCUT2D eigenvalue weighted by Gasteiger charge is -2.12. The second kappa shape index (κ2) is 9.77. The lowest BCUT2D eigenvalue weighted by Crippen LogP contribution is -2.00. The Bertz CT molecular complexity index is 1190. The standard InChI is InChI=1S/C28H24O3/c1-30-28(29)24-16-14-21(15-17-24)10-7-13-26-25-12-6-5-11-23(25)18-19-27(26)31-20-22-8-3-2-4-9-22/h2-9,11-19H,10,20H2,1H3. The molecule has 0 aliphatic heterocycles. The number of methoxy groups -OCH3 is 1. The zero-order chi connectivity index (χ0) is 21.5. The fourth-order valence-electron chi connectivity index (χ4n) is 3.52. The van der Waals surface area contributed by atoms with Gasteiger partial charge in [0.1, 0.15) is 12.4 Å². The molecule has 0 bridgehead atoms. The van der Waals surface area contributed by atoms with Crippen LogP contribution in [0.15, 0.2) is 97.1 Å². The molecule has 0 heterocycles. The molecule has 0 N–H and O–H groups in total. The molecule has 4 aromatic rings. The first-order valence-electron chi connectivity index (χ1n) is 10.3. The molecule has 0 radical (unpaired) electrons. The summed E-state index contributed by atoms with van der Waals surface area (Å²) in [6.07, 6.45) is 5.00. The van der Waals surface area contributed by atoms with Crippen molar-refractivity contribution in [3.8, 4) is 5.75 Å². The van der Waals surface area contributed by atoms with E-state index in [9.17, 15) is 4.79 Å². The number of carbonyl (C=O) groups is 1. The van der Waals surface area contributed by atoms with Crippen molar-refractivity contribution in [2.24, 2.45) is 0 Å². The number of carbonyl (C=O) groups excluding carboxylic acids is 1. The molecule has 0 spiro atoms. The minimum Gasteiger partial charge on any atom is -0.488 e. The predicted molar refractivity (Wildman–Crippen MR) is 125 cm³/mol. The first-order valence-corrected chi connectivity index (χ1v) is 10.3. The maximum atomic E-state index is 11.6. The Morgan fingerprint density at radius 2 is 1.55 bits per heavy atom. The summed E-state index contributed by atoms with van der Waals surface area (Å²) >= 11 is 0. The van der Waals surface area contributed by atoms with E-state index in [1.165, 1.54) is 12.5 Å². The highest BCUT2D eigenvalue weighted by Gasteiger charge is 2.07. The molecular formula is C28H24O3. The predicted octanol–water partition coefficient (Wildman–Crippen LogP) is 6.46. The molecule has 3 heteroatoms. The maximum Gasteiger partial charge on any atom is 0.337 e. The zero-order valence-electron chi connectivity index (χ0n) is 17.5. The second-order valence-corrected chi connectivity index (χ2v) is 7.27. The Hall–Kier alpha value is -3.85. The molecule has 0 amide bonds. The molecule has 0 fully saturated rings. The Kier molecular flexibility index (Phi) is 6.44. The van der Waals surface area contributed by atoms with Crippen molar-refractivity contribution in [3.63, 3.8) is 0 Å². The summed E-state index contributed by atoms with van der Waals surface area (Å²) in [6.45, 7) is 0.523. The Balaban J connectivity index is 1.56. The van der Waals surface area contributed by atoms with E-state index in [0.717, 1.165) is 34.2 Å². The topological polar surface area (TPSA) is 35.5 Å². The van der Waals surface area contributed by atoms with Gasteiger partial charge in [-0.05, 0) is 46.5 Å². The van der Waals surface area contributed by atoms with Crippen LogP contribution in [0.3, 0.4) is 0 Å². The number of benzene rings is 4. The normalized spacial score (nSPS) is 11.0. The van der Waals surface area contributed by atoms with E-state index in [0.29, 0.717) is 12.2 Å². The van der Waals surface area contributed by atoms with Gasteiger partial charge in [0.05, 0.1) is 12.7 Å². The van der Waals surface area contributed by atoms with Gasteiger partial charge in [0.15, 0.2) is 0 Å². The summed E-state index contributed by atoms with van der Waals surface area (Å²) in [7, 11) is 1.39. The van der Waals surface area contributed by atoms with Gasteiger partial charge >= 0.3 is 5.97 Å². The third kappa shape index (κ3) is 5.01. The molecule has 3 nitrogen and oxygen atoms in total. The molecule has 0 atom stereocenters. The summed E-state index contributed by atoms with van der Waals surface area (Å²) in [5, 5.41) is 2.34. The summed E-state index contributed by atoms with van der Waals surface area (Å²) in [6, 6.07) is 30.1. The van der Waals surface area contributed by atoms with Gasteiger partial charge in [-0.1, -0.05) is 84.9 Å². The van der Waals surface area contributed by atoms with Crippen LogP contribution in [0.5, 0.6) is 5.75 Å². The number of fused-ring (bicyclic) bond motifs is 1. The van der Waals surface area contributed by atoms with Crippen LogP contribution in [-0.2, 0) is 17.8 Å². The van der Waals surface area contributed by atoms with Gasteiger partial charge in [-0.15, -0.1) is 0 Å². The smallest absolute Gasteiger partial charge is 0.337 e. The highest BCUT2D eigenvalue weighted by Crippen LogP contribution is 2.30. The molecule has 0 saturated carbocycles. The maximum absolute atomic E-state index is 11.6. The lowest BCUT2D eigenvalue weighted by atomic mass is 10.0. The van der Waals surface area contributed by atoms with E-state index in [2.05, 4.69) is 42.5 Å². The van der Waals surface area contributed by atoms with Crippen molar-refractivity contribution < 1.29 is 14.3 Å². The molecular weight excluding hydrogens is 384 g/mol. The molecule has 0 aromatic heterocycles. The number of allylic oxidation sites excluding steroid dienone is 1. The summed E-state index contributed by atoms with van der Waals surface area (Å²) in [4.78, 5) is 11.6. The van der Waals surface area contributed by atoms with Crippen LogP contribution in [-0.4, -0.2) is 13.1 Å². The highest BCUT2D eigenvalue weighted by molar-refractivity contribution is 5.93. The fourth-order valence-corrected chi connectivity index (χ4v) is 3.52. The Labute approximate surface area is 182 Å². The van der Waals surface area contributed by atoms with Crippen LogP contribution in [0.1, 0.15) is 27.0 Å². The summed E-state index contributed by atoms with van der Waals surface area (Å²) < 4.78 is 10.9. The molecule has 4 rings (SSSR count). The van der Waals surface area contributed by atoms with Crippen LogP contribution < -0.4 is 4.74 Å². The third-order valence-electron chi connectivity index (χ3n) is 5.18. The minimum atomic E-state index is -0.321. The average Bonchev–Trinajstić information content (AvgIpc) is 2.84. The molecule has 4 aromatic carbocycles. The lowest BCUT2D eigenvalue weighted by molar-refractivity contribution is 0.0600. The largest absolute Gasteiger partial charge is 0.488 e. The summed E-state index contributed by atoms with van der Waals surface area (Å²) in [5.74, 6) is 0.540. The SMILES string of the molecule is COC(=O)c1ccc(CC=Cc2c(OCc3ccccc3)ccc3ccccc23)cc1. The fraction of sp³-hybridized carbons (Fsp3) is 0.107. The molecule has 0 aliphatic rings. The number of esters is 1. The van der Waals surface area contributed by atoms with Crippen molar-refractivity contribution in [2.45, 2.75) is 13.0 Å². The van der Waals surface area contributed by atoms with Gasteiger partial charge < -0.3 is 9.47 Å². The minimum absolute atomic E-state index is 0.321. The van der Waals surface area contributed by atoms with Gasteiger partial charge in [-0.25, -0.2) is 4.79 Å². The first-order chi connectivity index (χ1) is 15.2. The second-order valence-electron chi connectivity index (χ2n) is 7.27. The van der Waals surface area contributed by atoms with Crippen LogP contribution in [0.25, 0.3) is 16.8 Å². The van der Waals surface area contributed by atoms with Crippen LogP contribution >= 0.6 is 0 Å². The van der Waals surface area contributed by atoms with Gasteiger partial charge in [-0.3, -0.25) is 0 Å². The van der Waals surface area contributed by atoms with Gasteiger partial charge in [0.25, 0.3) is 0 Å². The molecule has 31 heavy (non-hydrogen) atoms. The van der Waals surface area contributed by atoms with Crippen molar-refractivity contribution >= 4 is 22.8 Å². The number of rotatable bonds is 7. The van der Waals surface area contributed by atoms with Gasteiger partial charge in [-0.2, -0.15) is 0 Å². The van der Waals surface area contributed by atoms with E-state index >= 15 is 0 Å². The van der Waals surface area contributed by atoms with Crippen molar-refractivity contribution in [1.29, 1.82) is 0 Å². The molecule has 0 unspecified atom stereocenters. The number of ether oxygens (including phenoxy) is 2. The quantitative estimate of drug-likeness (QED) is 0.329. The average molecular weight is 408 g/mol. The van der Waals surface area contributed by atoms with E-state index in [1.807, 2.05) is 48.5 Å². The first kappa shape index (κ1) is 20.4. The van der Waals surface area contributed by atoms with Crippen molar-refractivity contribution in [1.82, 2.24) is 0 Å². The zero-order valence-corrected chi connectivity index (χ0v) is 17.5. The Morgan fingerprint density at radius 3 is 2.32 bits per heavy atom.